The summed E-state index contributed by atoms with van der Waals surface area (Å²) in [6, 6.07) is 2.45. The molecule has 0 fully saturated rings. The molecule has 0 N–H and O–H groups in total. The molecule has 0 bridgehead atoms. The molecule has 0 saturated carbocycles. The van der Waals surface area contributed by atoms with Crippen molar-refractivity contribution >= 4 is 22.3 Å². The average molecular weight is 308 g/mol. The van der Waals surface area contributed by atoms with E-state index in [1.807, 2.05) is 0 Å². The van der Waals surface area contributed by atoms with Crippen LogP contribution in [0.5, 0.6) is 0 Å². The van der Waals surface area contributed by atoms with Gasteiger partial charge in [-0.2, -0.15) is 22.2 Å². The molecule has 0 spiro atoms. The molecule has 0 unspecified atom stereocenters. The van der Waals surface area contributed by atoms with Gasteiger partial charge in [0, 0.05) is 0 Å². The van der Waals surface area contributed by atoms with E-state index in [0.717, 1.165) is 6.07 Å². The van der Waals surface area contributed by atoms with Crippen molar-refractivity contribution in [1.29, 1.82) is 0 Å². The Morgan fingerprint density at radius 2 is 1.50 bits per heavy atom. The normalized spacial score (nSPS) is 12.7. The monoisotopic (exact) mass is 308 g/mol. The van der Waals surface area contributed by atoms with E-state index in [1.54, 1.807) is 6.92 Å². The lowest BCUT2D eigenvalue weighted by atomic mass is 10.0. The Balaban J connectivity index is 2.26. The third-order valence-electron chi connectivity index (χ3n) is 3.48. The summed E-state index contributed by atoms with van der Waals surface area (Å²) >= 11 is 0. The van der Waals surface area contributed by atoms with Gasteiger partial charge in [0.05, 0.1) is 16.6 Å². The minimum atomic E-state index is -4.46. The SMILES string of the molecule is CCc1cc2c(cc1C(F)(F)F)n1nnnc1c1nnnn21. The summed E-state index contributed by atoms with van der Waals surface area (Å²) in [5, 5.41) is 22.1. The Kier molecular flexibility index (Phi) is 2.39. The van der Waals surface area contributed by atoms with Gasteiger partial charge in [-0.25, -0.2) is 0 Å². The van der Waals surface area contributed by atoms with Crippen LogP contribution in [0.1, 0.15) is 18.1 Å². The summed E-state index contributed by atoms with van der Waals surface area (Å²) in [4.78, 5) is 0. The van der Waals surface area contributed by atoms with Gasteiger partial charge in [-0.05, 0) is 45.0 Å². The zero-order valence-electron chi connectivity index (χ0n) is 11.1. The number of nitrogens with zero attached hydrogens (tertiary/aromatic N) is 8. The van der Waals surface area contributed by atoms with E-state index in [-0.39, 0.29) is 28.8 Å². The van der Waals surface area contributed by atoms with Gasteiger partial charge in [-0.1, -0.05) is 6.92 Å². The summed E-state index contributed by atoms with van der Waals surface area (Å²) in [5.74, 6) is 0. The fraction of sp³-hybridized carbons (Fsp3) is 0.273. The van der Waals surface area contributed by atoms with Crippen LogP contribution >= 0.6 is 0 Å². The Hall–Kier alpha value is -2.85. The van der Waals surface area contributed by atoms with Crippen LogP contribution in [0.3, 0.4) is 0 Å². The van der Waals surface area contributed by atoms with E-state index in [0.29, 0.717) is 5.52 Å². The highest BCUT2D eigenvalue weighted by atomic mass is 19.4. The second kappa shape index (κ2) is 4.08. The number of alkyl halides is 3. The van der Waals surface area contributed by atoms with E-state index in [1.165, 1.54) is 15.1 Å². The molecule has 4 rings (SSSR count). The topological polar surface area (TPSA) is 86.2 Å². The maximum atomic E-state index is 13.2. The van der Waals surface area contributed by atoms with E-state index in [2.05, 4.69) is 31.1 Å². The molecule has 0 aliphatic heterocycles. The number of halogens is 3. The molecule has 8 nitrogen and oxygen atoms in total. The molecule has 4 aromatic rings. The Bertz CT molecular complexity index is 1010. The second-order valence-electron chi connectivity index (χ2n) is 4.68. The number of benzene rings is 1. The van der Waals surface area contributed by atoms with Crippen molar-refractivity contribution in [3.8, 4) is 0 Å². The lowest BCUT2D eigenvalue weighted by Gasteiger charge is -2.13. The molecule has 3 heterocycles. The van der Waals surface area contributed by atoms with Crippen LogP contribution in [0, 0.1) is 0 Å². The van der Waals surface area contributed by atoms with Gasteiger partial charge in [-0.3, -0.25) is 0 Å². The summed E-state index contributed by atoms with van der Waals surface area (Å²) in [6.07, 6.45) is -4.24. The van der Waals surface area contributed by atoms with Crippen LogP contribution < -0.4 is 0 Å². The van der Waals surface area contributed by atoms with E-state index in [9.17, 15) is 13.2 Å². The highest BCUT2D eigenvalue weighted by Crippen LogP contribution is 2.35. The first kappa shape index (κ1) is 12.9. The molecule has 22 heavy (non-hydrogen) atoms. The maximum absolute atomic E-state index is 13.2. The number of rotatable bonds is 1. The van der Waals surface area contributed by atoms with Gasteiger partial charge in [0.2, 0.25) is 11.3 Å². The Morgan fingerprint density at radius 3 is 2.00 bits per heavy atom. The van der Waals surface area contributed by atoms with Crippen molar-refractivity contribution in [3.05, 3.63) is 23.3 Å². The quantitative estimate of drug-likeness (QED) is 0.527. The number of aryl methyl sites for hydroxylation is 1. The first-order valence-corrected chi connectivity index (χ1v) is 6.32. The molecule has 1 aromatic carbocycles. The fourth-order valence-corrected chi connectivity index (χ4v) is 2.49. The summed E-state index contributed by atoms with van der Waals surface area (Å²) < 4.78 is 42.2. The third kappa shape index (κ3) is 1.58. The third-order valence-corrected chi connectivity index (χ3v) is 3.48. The van der Waals surface area contributed by atoms with Crippen LogP contribution in [0.15, 0.2) is 12.1 Å². The summed E-state index contributed by atoms with van der Waals surface area (Å²) in [7, 11) is 0. The average Bonchev–Trinajstić information content (AvgIpc) is 3.13. The minimum absolute atomic E-state index is 0.157. The predicted octanol–water partition coefficient (Wildman–Crippen LogP) is 1.30. The molecule has 11 heteroatoms. The molecule has 0 radical (unpaired) electrons. The number of aromatic nitrogens is 8. The highest BCUT2D eigenvalue weighted by Gasteiger charge is 2.34. The van der Waals surface area contributed by atoms with Gasteiger partial charge in [0.15, 0.2) is 0 Å². The second-order valence-corrected chi connectivity index (χ2v) is 4.68. The number of tetrazole rings is 2. The molecule has 0 atom stereocenters. The molecule has 3 aromatic heterocycles. The van der Waals surface area contributed by atoms with Crippen molar-refractivity contribution in [2.45, 2.75) is 19.5 Å². The van der Waals surface area contributed by atoms with Crippen LogP contribution in [-0.2, 0) is 12.6 Å². The largest absolute Gasteiger partial charge is 0.416 e. The lowest BCUT2D eigenvalue weighted by molar-refractivity contribution is -0.138. The number of hydrogen-bond acceptors (Lipinski definition) is 6. The smallest absolute Gasteiger partial charge is 0.187 e. The molecule has 0 amide bonds. The molecular weight excluding hydrogens is 301 g/mol. The minimum Gasteiger partial charge on any atom is -0.187 e. The fourth-order valence-electron chi connectivity index (χ4n) is 2.49. The van der Waals surface area contributed by atoms with Gasteiger partial charge < -0.3 is 0 Å². The highest BCUT2D eigenvalue weighted by molar-refractivity contribution is 5.85. The zero-order valence-corrected chi connectivity index (χ0v) is 11.1. The number of hydrogen-bond donors (Lipinski definition) is 0. The zero-order chi connectivity index (χ0) is 15.5. The van der Waals surface area contributed by atoms with Crippen LogP contribution in [0.2, 0.25) is 0 Å². The van der Waals surface area contributed by atoms with Gasteiger partial charge >= 0.3 is 6.18 Å². The van der Waals surface area contributed by atoms with Gasteiger partial charge in [0.1, 0.15) is 0 Å². The van der Waals surface area contributed by atoms with E-state index in [4.69, 9.17) is 0 Å². The lowest BCUT2D eigenvalue weighted by Crippen LogP contribution is -2.11. The van der Waals surface area contributed by atoms with E-state index >= 15 is 0 Å². The Morgan fingerprint density at radius 1 is 0.955 bits per heavy atom. The van der Waals surface area contributed by atoms with E-state index < -0.39 is 11.7 Å². The van der Waals surface area contributed by atoms with Gasteiger partial charge in [-0.15, -0.1) is 10.2 Å². The molecule has 0 aliphatic rings. The van der Waals surface area contributed by atoms with Crippen LogP contribution in [0.25, 0.3) is 22.3 Å². The van der Waals surface area contributed by atoms with Crippen molar-refractivity contribution in [1.82, 2.24) is 40.1 Å². The molecule has 112 valence electrons. The standard InChI is InChI=1S/C11H7F3N8/c1-2-5-3-7-8(4-6(5)11(12,13)14)22-10(16-18-20-22)9-15-17-19-21(7)9/h3-4H,2H2,1H3. The van der Waals surface area contributed by atoms with Crippen LogP contribution in [-0.4, -0.2) is 40.1 Å². The predicted molar refractivity (Wildman–Crippen MR) is 67.0 cm³/mol. The number of fused-ring (bicyclic) bond motifs is 6. The van der Waals surface area contributed by atoms with Crippen molar-refractivity contribution in [3.63, 3.8) is 0 Å². The van der Waals surface area contributed by atoms with Gasteiger partial charge in [0.25, 0.3) is 0 Å². The summed E-state index contributed by atoms with van der Waals surface area (Å²) in [5.41, 5.74) is 0.499. The van der Waals surface area contributed by atoms with Crippen molar-refractivity contribution in [2.24, 2.45) is 0 Å². The molecular formula is C11H7F3N8. The first-order chi connectivity index (χ1) is 10.5. The van der Waals surface area contributed by atoms with Crippen molar-refractivity contribution < 1.29 is 13.2 Å². The summed E-state index contributed by atoms with van der Waals surface area (Å²) in [6.45, 7) is 1.66. The van der Waals surface area contributed by atoms with Crippen LogP contribution in [0.4, 0.5) is 13.2 Å². The molecule has 0 saturated heterocycles. The van der Waals surface area contributed by atoms with Crippen molar-refractivity contribution in [2.75, 3.05) is 0 Å². The maximum Gasteiger partial charge on any atom is 0.416 e. The first-order valence-electron chi connectivity index (χ1n) is 6.32. The molecule has 0 aliphatic carbocycles. The Labute approximate surface area is 119 Å².